The zero-order valence-corrected chi connectivity index (χ0v) is 19.4. The Morgan fingerprint density at radius 1 is 0.818 bits per heavy atom. The summed E-state index contributed by atoms with van der Waals surface area (Å²) in [4.78, 5) is 12.0. The minimum absolute atomic E-state index is 0.330. The van der Waals surface area contributed by atoms with Crippen LogP contribution in [0.3, 0.4) is 0 Å². The van der Waals surface area contributed by atoms with E-state index in [1.807, 2.05) is 78.9 Å². The van der Waals surface area contributed by atoms with E-state index in [1.165, 1.54) is 5.56 Å². The van der Waals surface area contributed by atoms with Gasteiger partial charge >= 0.3 is 5.97 Å². The second-order valence-electron chi connectivity index (χ2n) is 7.96. The number of ether oxygens (including phenoxy) is 3. The van der Waals surface area contributed by atoms with Crippen LogP contribution in [-0.4, -0.2) is 24.8 Å². The van der Waals surface area contributed by atoms with Gasteiger partial charge in [0.05, 0.1) is 24.6 Å². The van der Waals surface area contributed by atoms with Crippen LogP contribution in [0.5, 0.6) is 11.5 Å². The first-order valence-corrected chi connectivity index (χ1v) is 11.1. The van der Waals surface area contributed by atoms with Crippen LogP contribution in [0.4, 0.5) is 11.4 Å². The third kappa shape index (κ3) is 7.75. The molecule has 0 bridgehead atoms. The minimum atomic E-state index is -1.02. The predicted octanol–water partition coefficient (Wildman–Crippen LogP) is 6.83. The van der Waals surface area contributed by atoms with Gasteiger partial charge in [0.2, 0.25) is 0 Å². The van der Waals surface area contributed by atoms with E-state index in [0.717, 1.165) is 30.0 Å². The van der Waals surface area contributed by atoms with E-state index >= 15 is 0 Å². The molecule has 6 nitrogen and oxygen atoms in total. The summed E-state index contributed by atoms with van der Waals surface area (Å²) < 4.78 is 16.7. The summed E-state index contributed by atoms with van der Waals surface area (Å²) in [5.74, 6) is 1.06. The zero-order valence-electron chi connectivity index (χ0n) is 19.4. The lowest BCUT2D eigenvalue weighted by atomic mass is 10.1. The molecule has 172 valence electrons. The van der Waals surface area contributed by atoms with Crippen LogP contribution in [0.25, 0.3) is 0 Å². The van der Waals surface area contributed by atoms with E-state index < -0.39 is 5.60 Å². The van der Waals surface area contributed by atoms with Crippen LogP contribution in [0.1, 0.15) is 32.8 Å². The number of hydrogen-bond donors (Lipinski definition) is 0. The summed E-state index contributed by atoms with van der Waals surface area (Å²) in [5.41, 5.74) is 1.75. The van der Waals surface area contributed by atoms with E-state index in [1.54, 1.807) is 20.8 Å². The molecule has 0 aliphatic heterocycles. The van der Waals surface area contributed by atoms with Gasteiger partial charge in [-0.25, -0.2) is 4.79 Å². The smallest absolute Gasteiger partial charge is 0.349 e. The number of benzene rings is 3. The Bertz CT molecular complexity index is 1030. The molecule has 0 spiro atoms. The molecule has 0 heterocycles. The van der Waals surface area contributed by atoms with E-state index in [4.69, 9.17) is 14.2 Å². The fraction of sp³-hybridized carbons (Fsp3) is 0.296. The highest BCUT2D eigenvalue weighted by molar-refractivity contribution is 5.79. The Balaban J connectivity index is 1.41. The number of carbonyl (C=O) groups is 1. The molecule has 0 amide bonds. The number of nitrogens with zero attached hydrogens (tertiary/aromatic N) is 2. The maximum absolute atomic E-state index is 12.0. The highest BCUT2D eigenvalue weighted by Crippen LogP contribution is 2.22. The SMILES string of the molecule is CCOC(=O)C(C)(C)Oc1ccc(CCCOc2ccc(N=Nc3ccccc3)cc2)cc1. The molecule has 6 heteroatoms. The second-order valence-corrected chi connectivity index (χ2v) is 7.96. The fourth-order valence-corrected chi connectivity index (χ4v) is 3.05. The Labute approximate surface area is 195 Å². The van der Waals surface area contributed by atoms with Gasteiger partial charge in [0.25, 0.3) is 0 Å². The molecule has 0 aliphatic carbocycles. The summed E-state index contributed by atoms with van der Waals surface area (Å²) in [7, 11) is 0. The largest absolute Gasteiger partial charge is 0.494 e. The highest BCUT2D eigenvalue weighted by atomic mass is 16.6. The molecular weight excluding hydrogens is 416 g/mol. The molecule has 0 fully saturated rings. The van der Waals surface area contributed by atoms with Gasteiger partial charge in [-0.2, -0.15) is 10.2 Å². The maximum Gasteiger partial charge on any atom is 0.349 e. The number of aryl methyl sites for hydroxylation is 1. The van der Waals surface area contributed by atoms with E-state index in [-0.39, 0.29) is 5.97 Å². The summed E-state index contributed by atoms with van der Waals surface area (Å²) in [5, 5.41) is 8.45. The van der Waals surface area contributed by atoms with Gasteiger partial charge < -0.3 is 14.2 Å². The standard InChI is InChI=1S/C27H30N2O4/c1-4-31-26(30)27(2,3)33-25-16-12-21(13-17-25)9-8-20-32-24-18-14-23(15-19-24)29-28-22-10-6-5-7-11-22/h5-7,10-19H,4,8-9,20H2,1-3H3. The first-order chi connectivity index (χ1) is 16.0. The third-order valence-electron chi connectivity index (χ3n) is 4.82. The van der Waals surface area contributed by atoms with Crippen molar-refractivity contribution in [1.29, 1.82) is 0 Å². The molecule has 3 rings (SSSR count). The first kappa shape index (κ1) is 24.0. The summed E-state index contributed by atoms with van der Waals surface area (Å²) in [6.45, 7) is 6.12. The molecule has 3 aromatic carbocycles. The summed E-state index contributed by atoms with van der Waals surface area (Å²) in [6, 6.07) is 25.0. The molecule has 33 heavy (non-hydrogen) atoms. The van der Waals surface area contributed by atoms with Gasteiger partial charge in [-0.15, -0.1) is 0 Å². The van der Waals surface area contributed by atoms with Gasteiger partial charge in [0.15, 0.2) is 5.60 Å². The third-order valence-corrected chi connectivity index (χ3v) is 4.82. The van der Waals surface area contributed by atoms with Gasteiger partial charge in [-0.1, -0.05) is 30.3 Å². The second kappa shape index (κ2) is 11.8. The van der Waals surface area contributed by atoms with Crippen LogP contribution in [0.15, 0.2) is 89.1 Å². The van der Waals surface area contributed by atoms with E-state index in [9.17, 15) is 4.79 Å². The van der Waals surface area contributed by atoms with Crippen LogP contribution in [0.2, 0.25) is 0 Å². The minimum Gasteiger partial charge on any atom is -0.494 e. The number of esters is 1. The fourth-order valence-electron chi connectivity index (χ4n) is 3.05. The summed E-state index contributed by atoms with van der Waals surface area (Å²) >= 11 is 0. The lowest BCUT2D eigenvalue weighted by Gasteiger charge is -2.24. The van der Waals surface area contributed by atoms with Crippen molar-refractivity contribution in [3.8, 4) is 11.5 Å². The van der Waals surface area contributed by atoms with Crippen molar-refractivity contribution in [2.45, 2.75) is 39.2 Å². The lowest BCUT2D eigenvalue weighted by molar-refractivity contribution is -0.158. The Hall–Kier alpha value is -3.67. The summed E-state index contributed by atoms with van der Waals surface area (Å²) in [6.07, 6.45) is 1.76. The van der Waals surface area contributed by atoms with Crippen molar-refractivity contribution in [2.75, 3.05) is 13.2 Å². The molecule has 0 saturated carbocycles. The molecule has 0 radical (unpaired) electrons. The Kier molecular flexibility index (Phi) is 8.58. The van der Waals surface area contributed by atoms with Gasteiger partial charge in [0, 0.05) is 0 Å². The first-order valence-electron chi connectivity index (χ1n) is 11.1. The predicted molar refractivity (Wildman–Crippen MR) is 129 cm³/mol. The highest BCUT2D eigenvalue weighted by Gasteiger charge is 2.31. The monoisotopic (exact) mass is 446 g/mol. The molecule has 3 aromatic rings. The zero-order chi connectivity index (χ0) is 23.5. The quantitative estimate of drug-likeness (QED) is 0.184. The average molecular weight is 447 g/mol. The number of hydrogen-bond acceptors (Lipinski definition) is 6. The van der Waals surface area contributed by atoms with E-state index in [2.05, 4.69) is 10.2 Å². The number of rotatable bonds is 11. The number of carbonyl (C=O) groups excluding carboxylic acids is 1. The van der Waals surface area contributed by atoms with Crippen molar-refractivity contribution in [3.63, 3.8) is 0 Å². The van der Waals surface area contributed by atoms with Crippen molar-refractivity contribution in [1.82, 2.24) is 0 Å². The van der Waals surface area contributed by atoms with Gasteiger partial charge in [-0.3, -0.25) is 0 Å². The molecule has 0 N–H and O–H groups in total. The van der Waals surface area contributed by atoms with Crippen LogP contribution >= 0.6 is 0 Å². The van der Waals surface area contributed by atoms with Crippen molar-refractivity contribution < 1.29 is 19.0 Å². The van der Waals surface area contributed by atoms with E-state index in [0.29, 0.717) is 19.0 Å². The van der Waals surface area contributed by atoms with Crippen molar-refractivity contribution in [3.05, 3.63) is 84.4 Å². The molecule has 0 aromatic heterocycles. The van der Waals surface area contributed by atoms with Crippen LogP contribution < -0.4 is 9.47 Å². The topological polar surface area (TPSA) is 69.5 Å². The van der Waals surface area contributed by atoms with Crippen LogP contribution in [-0.2, 0) is 16.0 Å². The lowest BCUT2D eigenvalue weighted by Crippen LogP contribution is -2.39. The number of azo groups is 1. The Morgan fingerprint density at radius 2 is 1.42 bits per heavy atom. The average Bonchev–Trinajstić information content (AvgIpc) is 2.83. The molecule has 0 saturated heterocycles. The molecule has 0 unspecified atom stereocenters. The van der Waals surface area contributed by atoms with Gasteiger partial charge in [0.1, 0.15) is 11.5 Å². The Morgan fingerprint density at radius 3 is 2.06 bits per heavy atom. The van der Waals surface area contributed by atoms with Crippen molar-refractivity contribution in [2.24, 2.45) is 10.2 Å². The van der Waals surface area contributed by atoms with Crippen LogP contribution in [0, 0.1) is 0 Å². The molecule has 0 aliphatic rings. The normalized spacial score (nSPS) is 11.4. The molecular formula is C27H30N2O4. The van der Waals surface area contributed by atoms with Crippen molar-refractivity contribution >= 4 is 17.3 Å². The maximum atomic E-state index is 12.0. The van der Waals surface area contributed by atoms with Gasteiger partial charge in [-0.05, 0) is 87.7 Å². The molecule has 0 atom stereocenters.